The topological polar surface area (TPSA) is 53.6 Å². The van der Waals surface area contributed by atoms with Crippen molar-refractivity contribution in [3.05, 3.63) is 0 Å². The van der Waals surface area contributed by atoms with E-state index < -0.39 is 0 Å². The molecule has 7 heteroatoms. The van der Waals surface area contributed by atoms with Gasteiger partial charge in [-0.1, -0.05) is 13.8 Å². The molecular formula is C13H29Cl2N3O2. The number of ether oxygens (including phenoxy) is 1. The Morgan fingerprint density at radius 3 is 2.70 bits per heavy atom. The second-order valence-electron chi connectivity index (χ2n) is 5.30. The number of morpholine rings is 1. The normalized spacial score (nSPS) is 19.1. The predicted molar refractivity (Wildman–Crippen MR) is 87.1 cm³/mol. The van der Waals surface area contributed by atoms with Crippen LogP contribution in [-0.2, 0) is 9.53 Å². The van der Waals surface area contributed by atoms with E-state index in [0.717, 1.165) is 32.8 Å². The monoisotopic (exact) mass is 329 g/mol. The summed E-state index contributed by atoms with van der Waals surface area (Å²) < 4.78 is 5.67. The molecule has 0 bridgehead atoms. The van der Waals surface area contributed by atoms with Crippen LogP contribution < -0.4 is 10.6 Å². The van der Waals surface area contributed by atoms with Crippen LogP contribution in [0.3, 0.4) is 0 Å². The minimum Gasteiger partial charge on any atom is -0.374 e. The molecule has 1 fully saturated rings. The molecule has 1 amide bonds. The number of rotatable bonds is 7. The molecule has 0 aliphatic carbocycles. The lowest BCUT2D eigenvalue weighted by atomic mass is 10.2. The third-order valence-corrected chi connectivity index (χ3v) is 2.98. The molecule has 0 aromatic carbocycles. The van der Waals surface area contributed by atoms with E-state index in [1.165, 1.54) is 0 Å². The third kappa shape index (κ3) is 9.77. The van der Waals surface area contributed by atoms with E-state index in [1.54, 1.807) is 0 Å². The van der Waals surface area contributed by atoms with E-state index >= 15 is 0 Å². The molecule has 0 spiro atoms. The summed E-state index contributed by atoms with van der Waals surface area (Å²) in [7, 11) is 1.85. The number of hydrogen-bond donors (Lipinski definition) is 2. The van der Waals surface area contributed by atoms with Gasteiger partial charge in [0.15, 0.2) is 0 Å². The highest BCUT2D eigenvalue weighted by atomic mass is 35.5. The second-order valence-corrected chi connectivity index (χ2v) is 5.30. The maximum atomic E-state index is 11.5. The van der Waals surface area contributed by atoms with Gasteiger partial charge in [0.05, 0.1) is 12.7 Å². The van der Waals surface area contributed by atoms with Crippen molar-refractivity contribution in [2.75, 3.05) is 46.4 Å². The molecule has 1 heterocycles. The van der Waals surface area contributed by atoms with Crippen LogP contribution in [0.15, 0.2) is 0 Å². The van der Waals surface area contributed by atoms with Gasteiger partial charge in [0.25, 0.3) is 0 Å². The largest absolute Gasteiger partial charge is 0.374 e. The second kappa shape index (κ2) is 12.7. The minimum atomic E-state index is 0. The van der Waals surface area contributed by atoms with Gasteiger partial charge in [0, 0.05) is 39.1 Å². The van der Waals surface area contributed by atoms with E-state index in [-0.39, 0.29) is 36.8 Å². The standard InChI is InChI=1S/C13H27N3O2.2ClH/c1-11(2)9-16-6-7-18-12(10-16)8-15-13(17)4-5-14-3;;/h11-12,14H,4-10H2,1-3H3,(H,15,17);2*1H. The van der Waals surface area contributed by atoms with Crippen molar-refractivity contribution in [1.29, 1.82) is 0 Å². The van der Waals surface area contributed by atoms with Crippen molar-refractivity contribution >= 4 is 30.7 Å². The maximum Gasteiger partial charge on any atom is 0.221 e. The summed E-state index contributed by atoms with van der Waals surface area (Å²) in [4.78, 5) is 13.9. The zero-order valence-electron chi connectivity index (χ0n) is 12.7. The Bertz CT molecular complexity index is 256. The molecule has 5 nitrogen and oxygen atoms in total. The van der Waals surface area contributed by atoms with Gasteiger partial charge in [-0.2, -0.15) is 0 Å². The lowest BCUT2D eigenvalue weighted by molar-refractivity contribution is -0.122. The number of amides is 1. The van der Waals surface area contributed by atoms with Gasteiger partial charge in [0.2, 0.25) is 5.91 Å². The third-order valence-electron chi connectivity index (χ3n) is 2.98. The fourth-order valence-corrected chi connectivity index (χ4v) is 2.14. The maximum absolute atomic E-state index is 11.5. The zero-order chi connectivity index (χ0) is 13.4. The summed E-state index contributed by atoms with van der Waals surface area (Å²) in [6.45, 7) is 9.59. The van der Waals surface area contributed by atoms with Gasteiger partial charge < -0.3 is 15.4 Å². The van der Waals surface area contributed by atoms with E-state index in [1.807, 2.05) is 7.05 Å². The Kier molecular flexibility index (Phi) is 14.1. The Balaban J connectivity index is 0. The molecule has 0 saturated carbocycles. The summed E-state index contributed by atoms with van der Waals surface area (Å²) >= 11 is 0. The first kappa shape index (κ1) is 22.2. The number of nitrogens with zero attached hydrogens (tertiary/aromatic N) is 1. The summed E-state index contributed by atoms with van der Waals surface area (Å²) in [6, 6.07) is 0. The fourth-order valence-electron chi connectivity index (χ4n) is 2.14. The first-order valence-corrected chi connectivity index (χ1v) is 6.87. The highest BCUT2D eigenvalue weighted by Crippen LogP contribution is 2.07. The lowest BCUT2D eigenvalue weighted by Crippen LogP contribution is -2.48. The number of halogens is 2. The summed E-state index contributed by atoms with van der Waals surface area (Å²) in [5.74, 6) is 0.767. The molecule has 1 atom stereocenters. The van der Waals surface area contributed by atoms with Gasteiger partial charge in [-0.15, -0.1) is 24.8 Å². The number of nitrogens with one attached hydrogen (secondary N) is 2. The summed E-state index contributed by atoms with van der Waals surface area (Å²) in [5, 5.41) is 5.90. The van der Waals surface area contributed by atoms with Crippen molar-refractivity contribution in [2.45, 2.75) is 26.4 Å². The molecule has 1 aliphatic rings. The van der Waals surface area contributed by atoms with Gasteiger partial charge >= 0.3 is 0 Å². The molecule has 1 saturated heterocycles. The molecular weight excluding hydrogens is 301 g/mol. The van der Waals surface area contributed by atoms with Crippen LogP contribution in [0, 0.1) is 5.92 Å². The Morgan fingerprint density at radius 1 is 1.40 bits per heavy atom. The molecule has 1 aliphatic heterocycles. The lowest BCUT2D eigenvalue weighted by Gasteiger charge is -2.33. The van der Waals surface area contributed by atoms with E-state index in [9.17, 15) is 4.79 Å². The first-order valence-electron chi connectivity index (χ1n) is 6.87. The van der Waals surface area contributed by atoms with Crippen LogP contribution in [-0.4, -0.2) is 63.3 Å². The Morgan fingerprint density at radius 2 is 2.10 bits per heavy atom. The number of hydrogen-bond acceptors (Lipinski definition) is 4. The molecule has 0 aromatic heterocycles. The molecule has 20 heavy (non-hydrogen) atoms. The molecule has 122 valence electrons. The summed E-state index contributed by atoms with van der Waals surface area (Å²) in [5.41, 5.74) is 0. The molecule has 1 unspecified atom stereocenters. The Hall–Kier alpha value is -0.0700. The van der Waals surface area contributed by atoms with Crippen molar-refractivity contribution in [1.82, 2.24) is 15.5 Å². The van der Waals surface area contributed by atoms with Crippen LogP contribution >= 0.6 is 24.8 Å². The first-order chi connectivity index (χ1) is 8.61. The average Bonchev–Trinajstić information content (AvgIpc) is 2.33. The fraction of sp³-hybridized carbons (Fsp3) is 0.923. The summed E-state index contributed by atoms with van der Waals surface area (Å²) in [6.07, 6.45) is 0.662. The van der Waals surface area contributed by atoms with Crippen LogP contribution in [0.1, 0.15) is 20.3 Å². The minimum absolute atomic E-state index is 0. The van der Waals surface area contributed by atoms with Crippen LogP contribution in [0.4, 0.5) is 0 Å². The van der Waals surface area contributed by atoms with Gasteiger partial charge in [-0.05, 0) is 13.0 Å². The smallest absolute Gasteiger partial charge is 0.221 e. The van der Waals surface area contributed by atoms with Crippen LogP contribution in [0.2, 0.25) is 0 Å². The SMILES string of the molecule is CNCCC(=O)NCC1CN(CC(C)C)CCO1.Cl.Cl. The Labute approximate surface area is 135 Å². The van der Waals surface area contributed by atoms with Crippen molar-refractivity contribution in [3.8, 4) is 0 Å². The number of carbonyl (C=O) groups excluding carboxylic acids is 1. The molecule has 0 radical (unpaired) electrons. The van der Waals surface area contributed by atoms with Crippen LogP contribution in [0.5, 0.6) is 0 Å². The van der Waals surface area contributed by atoms with Crippen molar-refractivity contribution < 1.29 is 9.53 Å². The molecule has 2 N–H and O–H groups in total. The van der Waals surface area contributed by atoms with Crippen molar-refractivity contribution in [3.63, 3.8) is 0 Å². The highest BCUT2D eigenvalue weighted by molar-refractivity contribution is 5.85. The van der Waals surface area contributed by atoms with Gasteiger partial charge in [0.1, 0.15) is 0 Å². The molecule has 0 aromatic rings. The molecule has 1 rings (SSSR count). The highest BCUT2D eigenvalue weighted by Gasteiger charge is 2.21. The van der Waals surface area contributed by atoms with E-state index in [4.69, 9.17) is 4.74 Å². The van der Waals surface area contributed by atoms with Gasteiger partial charge in [-0.25, -0.2) is 0 Å². The predicted octanol–water partition coefficient (Wildman–Crippen LogP) is 0.912. The van der Waals surface area contributed by atoms with Gasteiger partial charge in [-0.3, -0.25) is 9.69 Å². The van der Waals surface area contributed by atoms with Crippen LogP contribution in [0.25, 0.3) is 0 Å². The number of carbonyl (C=O) groups is 1. The zero-order valence-corrected chi connectivity index (χ0v) is 14.3. The van der Waals surface area contributed by atoms with E-state index in [0.29, 0.717) is 18.9 Å². The average molecular weight is 330 g/mol. The van der Waals surface area contributed by atoms with Crippen molar-refractivity contribution in [2.24, 2.45) is 5.92 Å². The quantitative estimate of drug-likeness (QED) is 0.729. The van der Waals surface area contributed by atoms with E-state index in [2.05, 4.69) is 29.4 Å².